The number of thiazole rings is 1. The van der Waals surface area contributed by atoms with E-state index in [1.54, 1.807) is 0 Å². The highest BCUT2D eigenvalue weighted by Gasteiger charge is 2.54. The molecule has 0 aliphatic carbocycles. The van der Waals surface area contributed by atoms with Crippen molar-refractivity contribution < 1.29 is 43.8 Å². The smallest absolute Gasteiger partial charge is 0.352 e. The Balaban J connectivity index is 1.78. The van der Waals surface area contributed by atoms with E-state index in [9.17, 15) is 29.1 Å². The Morgan fingerprint density at radius 3 is 2.67 bits per heavy atom. The molecule has 1 aromatic rings. The minimum atomic E-state index is -1.37. The van der Waals surface area contributed by atoms with Gasteiger partial charge in [0.1, 0.15) is 29.4 Å². The van der Waals surface area contributed by atoms with Crippen LogP contribution < -0.4 is 11.1 Å². The summed E-state index contributed by atoms with van der Waals surface area (Å²) >= 11 is 2.18. The fourth-order valence-electron chi connectivity index (χ4n) is 2.95. The molecular weight excluding hydrogens is 482 g/mol. The van der Waals surface area contributed by atoms with Gasteiger partial charge in [-0.25, -0.2) is 14.6 Å². The third-order valence-corrected chi connectivity index (χ3v) is 6.32. The van der Waals surface area contributed by atoms with Crippen LogP contribution in [-0.2, 0) is 33.5 Å². The molecular formula is C17H17N5O9S2. The van der Waals surface area contributed by atoms with Gasteiger partial charge in [-0.05, 0) is 0 Å². The van der Waals surface area contributed by atoms with Gasteiger partial charge in [0.05, 0.1) is 0 Å². The number of nitrogens with zero attached hydrogens (tertiary/aromatic N) is 3. The molecule has 5 N–H and O–H groups in total. The molecule has 0 spiro atoms. The topological polar surface area (TPSA) is 211 Å². The van der Waals surface area contributed by atoms with Gasteiger partial charge in [-0.1, -0.05) is 5.16 Å². The number of hydrogen-bond acceptors (Lipinski definition) is 12. The molecule has 14 nitrogen and oxygen atoms in total. The summed E-state index contributed by atoms with van der Waals surface area (Å²) in [5.74, 6) is -4.72. The van der Waals surface area contributed by atoms with Gasteiger partial charge >= 0.3 is 17.9 Å². The number of β-lactam (4-membered cyclic amide) rings is 1. The average molecular weight is 499 g/mol. The number of hydrogen-bond donors (Lipinski definition) is 4. The third kappa shape index (κ3) is 5.23. The van der Waals surface area contributed by atoms with E-state index >= 15 is 0 Å². The number of rotatable bonds is 9. The number of aliphatic carboxylic acids is 2. The maximum atomic E-state index is 12.8. The molecule has 1 fully saturated rings. The number of aromatic nitrogens is 1. The van der Waals surface area contributed by atoms with E-state index in [4.69, 9.17) is 15.6 Å². The maximum Gasteiger partial charge on any atom is 0.352 e. The number of thioether (sulfide) groups is 1. The number of ether oxygens (including phenoxy) is 1. The van der Waals surface area contributed by atoms with Crippen molar-refractivity contribution in [1.29, 1.82) is 0 Å². The summed E-state index contributed by atoms with van der Waals surface area (Å²) in [4.78, 5) is 68.5. The number of nitrogens with one attached hydrogen (secondary N) is 1. The number of esters is 1. The number of nitrogen functional groups attached to an aromatic ring is 1. The second-order valence-electron chi connectivity index (χ2n) is 6.58. The monoisotopic (exact) mass is 499 g/mol. The standard InChI is InChI=1S/C17H17N5O9S2/c1-6(23)30-2-7-4-32-15-11(14(27)22(15)12(7)16(28)29)20-13(26)10(21-31-3-9(24)25)8-5-33-17(18)19-8/h5,11,15H,2-4H2,1H3,(H2,18,19)(H,20,26)(H,24,25)(H,28,29)/b21-10-/t11-,15-/m1/s1. The molecule has 2 amide bonds. The number of fused-ring (bicyclic) bond motifs is 1. The van der Waals surface area contributed by atoms with Crippen molar-refractivity contribution in [1.82, 2.24) is 15.2 Å². The Morgan fingerprint density at radius 1 is 1.36 bits per heavy atom. The van der Waals surface area contributed by atoms with Crippen LogP contribution in [0.25, 0.3) is 0 Å². The highest BCUT2D eigenvalue weighted by atomic mass is 32.2. The normalized spacial score (nSPS) is 20.0. The van der Waals surface area contributed by atoms with Crippen LogP contribution in [-0.4, -0.2) is 85.9 Å². The second-order valence-corrected chi connectivity index (χ2v) is 8.57. The minimum Gasteiger partial charge on any atom is -0.479 e. The number of carbonyl (C=O) groups excluding carboxylic acids is 3. The molecule has 3 rings (SSSR count). The summed E-state index contributed by atoms with van der Waals surface area (Å²) in [5, 5.41) is 25.0. The van der Waals surface area contributed by atoms with E-state index in [0.29, 0.717) is 0 Å². The molecule has 1 aromatic heterocycles. The summed E-state index contributed by atoms with van der Waals surface area (Å²) < 4.78 is 4.86. The van der Waals surface area contributed by atoms with Crippen LogP contribution in [0.5, 0.6) is 0 Å². The molecule has 0 unspecified atom stereocenters. The summed E-state index contributed by atoms with van der Waals surface area (Å²) in [5.41, 5.74) is 5.12. The van der Waals surface area contributed by atoms with Gasteiger partial charge in [-0.15, -0.1) is 23.1 Å². The van der Waals surface area contributed by atoms with E-state index in [-0.39, 0.29) is 34.5 Å². The summed E-state index contributed by atoms with van der Waals surface area (Å²) in [6.45, 7) is 0.0821. The highest BCUT2D eigenvalue weighted by Crippen LogP contribution is 2.40. The first-order valence-corrected chi connectivity index (χ1v) is 11.0. The number of carboxylic acid groups (broad SMARTS) is 2. The largest absolute Gasteiger partial charge is 0.479 e. The van der Waals surface area contributed by atoms with E-state index in [0.717, 1.165) is 16.2 Å². The fourth-order valence-corrected chi connectivity index (χ4v) is 4.82. The molecule has 2 aliphatic rings. The van der Waals surface area contributed by atoms with Gasteiger partial charge in [0.15, 0.2) is 10.8 Å². The van der Waals surface area contributed by atoms with Crippen molar-refractivity contribution in [3.05, 3.63) is 22.3 Å². The highest BCUT2D eigenvalue weighted by molar-refractivity contribution is 8.00. The average Bonchev–Trinajstić information content (AvgIpc) is 3.17. The zero-order valence-electron chi connectivity index (χ0n) is 16.8. The summed E-state index contributed by atoms with van der Waals surface area (Å²) in [7, 11) is 0. The Bertz CT molecular complexity index is 1080. The first-order chi connectivity index (χ1) is 15.6. The zero-order valence-corrected chi connectivity index (χ0v) is 18.5. The quantitative estimate of drug-likeness (QED) is 0.137. The second kappa shape index (κ2) is 9.86. The van der Waals surface area contributed by atoms with Crippen LogP contribution in [0.15, 0.2) is 21.8 Å². The lowest BCUT2D eigenvalue weighted by molar-refractivity contribution is -0.150. The number of carboxylic acids is 2. The van der Waals surface area contributed by atoms with Crippen molar-refractivity contribution in [2.45, 2.75) is 18.3 Å². The molecule has 2 atom stereocenters. The summed E-state index contributed by atoms with van der Waals surface area (Å²) in [6, 6.07) is -1.09. The molecule has 1 saturated heterocycles. The number of oxime groups is 1. The lowest BCUT2D eigenvalue weighted by Crippen LogP contribution is -2.71. The number of anilines is 1. The fraction of sp³-hybridized carbons (Fsp3) is 0.353. The van der Waals surface area contributed by atoms with Crippen LogP contribution in [0.2, 0.25) is 0 Å². The molecule has 0 radical (unpaired) electrons. The van der Waals surface area contributed by atoms with Crippen LogP contribution >= 0.6 is 23.1 Å². The number of carbonyl (C=O) groups is 5. The first-order valence-electron chi connectivity index (χ1n) is 9.07. The Labute approximate surface area is 193 Å². The van der Waals surface area contributed by atoms with E-state index in [1.807, 2.05) is 0 Å². The van der Waals surface area contributed by atoms with E-state index < -0.39 is 53.5 Å². The van der Waals surface area contributed by atoms with Crippen LogP contribution in [0.3, 0.4) is 0 Å². The number of amides is 2. The van der Waals surface area contributed by atoms with Crippen LogP contribution in [0.4, 0.5) is 5.13 Å². The summed E-state index contributed by atoms with van der Waals surface area (Å²) in [6.07, 6.45) is 0. The van der Waals surface area contributed by atoms with Crippen molar-refractivity contribution in [2.75, 3.05) is 24.7 Å². The minimum absolute atomic E-state index is 0.00935. The third-order valence-electron chi connectivity index (χ3n) is 4.31. The van der Waals surface area contributed by atoms with E-state index in [2.05, 4.69) is 20.3 Å². The van der Waals surface area contributed by atoms with Gasteiger partial charge in [0.25, 0.3) is 11.8 Å². The molecule has 0 bridgehead atoms. The Hall–Kier alpha value is -3.66. The SMILES string of the molecule is CC(=O)OCC1=C(C(=O)O)N2C(=O)[C@@H](NC(=O)/C(=N\OCC(=O)O)c3csc(N)n3)[C@H]2SC1. The number of nitrogens with two attached hydrogens (primary N) is 1. The zero-order chi connectivity index (χ0) is 24.3. The van der Waals surface area contributed by atoms with Crippen molar-refractivity contribution >= 4 is 63.7 Å². The predicted molar refractivity (Wildman–Crippen MR) is 113 cm³/mol. The lowest BCUT2D eigenvalue weighted by Gasteiger charge is -2.49. The van der Waals surface area contributed by atoms with Crippen molar-refractivity contribution in [3.63, 3.8) is 0 Å². The van der Waals surface area contributed by atoms with Gasteiger partial charge in [-0.2, -0.15) is 0 Å². The van der Waals surface area contributed by atoms with Gasteiger partial charge in [0.2, 0.25) is 6.61 Å². The lowest BCUT2D eigenvalue weighted by atomic mass is 10.0. The Morgan fingerprint density at radius 2 is 2.09 bits per heavy atom. The molecule has 0 aromatic carbocycles. The van der Waals surface area contributed by atoms with E-state index in [1.165, 1.54) is 24.1 Å². The van der Waals surface area contributed by atoms with Crippen LogP contribution in [0, 0.1) is 0 Å². The molecule has 16 heteroatoms. The van der Waals surface area contributed by atoms with Gasteiger partial charge in [-0.3, -0.25) is 19.3 Å². The van der Waals surface area contributed by atoms with Gasteiger partial charge in [0, 0.05) is 23.6 Å². The molecule has 3 heterocycles. The maximum absolute atomic E-state index is 12.8. The first kappa shape index (κ1) is 24.0. The Kier molecular flexibility index (Phi) is 7.17. The van der Waals surface area contributed by atoms with Crippen LogP contribution in [0.1, 0.15) is 12.6 Å². The molecule has 33 heavy (non-hydrogen) atoms. The molecule has 176 valence electrons. The molecule has 0 saturated carbocycles. The molecule has 2 aliphatic heterocycles. The van der Waals surface area contributed by atoms with Crippen molar-refractivity contribution in [2.24, 2.45) is 5.16 Å². The van der Waals surface area contributed by atoms with Crippen molar-refractivity contribution in [3.8, 4) is 0 Å². The predicted octanol–water partition coefficient (Wildman–Crippen LogP) is -1.17. The van der Waals surface area contributed by atoms with Gasteiger partial charge < -0.3 is 30.8 Å².